The van der Waals surface area contributed by atoms with Gasteiger partial charge in [-0.05, 0) is 61.6 Å². The summed E-state index contributed by atoms with van der Waals surface area (Å²) in [5.74, 6) is 0.338. The second kappa shape index (κ2) is 9.92. The Hall–Kier alpha value is -2.65. The minimum absolute atomic E-state index is 0.00823. The molecule has 0 N–H and O–H groups in total. The number of thioether (sulfide) groups is 1. The first-order valence-corrected chi connectivity index (χ1v) is 13.6. The van der Waals surface area contributed by atoms with Crippen molar-refractivity contribution in [1.29, 1.82) is 0 Å². The van der Waals surface area contributed by atoms with Crippen LogP contribution >= 0.6 is 23.1 Å². The van der Waals surface area contributed by atoms with Gasteiger partial charge in [-0.15, -0.1) is 11.3 Å². The Labute approximate surface area is 206 Å². The summed E-state index contributed by atoms with van der Waals surface area (Å²) >= 11 is 2.80. The van der Waals surface area contributed by atoms with Crippen LogP contribution in [-0.2, 0) is 14.3 Å². The molecule has 178 valence electrons. The van der Waals surface area contributed by atoms with Crippen molar-refractivity contribution in [2.45, 2.75) is 43.7 Å². The number of rotatable bonds is 7. The molecule has 1 amide bonds. The van der Waals surface area contributed by atoms with Gasteiger partial charge in [0, 0.05) is 13.1 Å². The van der Waals surface area contributed by atoms with Crippen LogP contribution in [0.4, 0.5) is 0 Å². The average molecular weight is 498 g/mol. The first-order valence-electron chi connectivity index (χ1n) is 11.7. The third-order valence-corrected chi connectivity index (χ3v) is 8.24. The minimum atomic E-state index is -0.171. The zero-order chi connectivity index (χ0) is 23.7. The summed E-state index contributed by atoms with van der Waals surface area (Å²) < 4.78 is 6.76. The van der Waals surface area contributed by atoms with Gasteiger partial charge in [0.1, 0.15) is 4.83 Å². The van der Waals surface area contributed by atoms with Crippen molar-refractivity contribution in [3.8, 4) is 5.69 Å². The number of para-hydroxylation sites is 1. The average Bonchev–Trinajstić information content (AvgIpc) is 3.62. The van der Waals surface area contributed by atoms with Crippen molar-refractivity contribution in [2.24, 2.45) is 5.92 Å². The Morgan fingerprint density at radius 1 is 1.15 bits per heavy atom. The SMILES string of the molecule is CCOC(=O)C1CCN(C(=O)CSc2nc3scc(C4CC4)c3c(=O)n2-c2ccccc2)CC1. The van der Waals surface area contributed by atoms with E-state index in [-0.39, 0.29) is 29.1 Å². The molecule has 3 aromatic rings. The van der Waals surface area contributed by atoms with Crippen LogP contribution in [0.3, 0.4) is 0 Å². The molecule has 1 saturated carbocycles. The molecule has 0 unspecified atom stereocenters. The number of hydrogen-bond donors (Lipinski definition) is 0. The van der Waals surface area contributed by atoms with E-state index in [1.165, 1.54) is 23.1 Å². The second-order valence-corrected chi connectivity index (χ2v) is 10.5. The summed E-state index contributed by atoms with van der Waals surface area (Å²) in [4.78, 5) is 45.9. The third kappa shape index (κ3) is 4.63. The molecule has 2 aliphatic rings. The quantitative estimate of drug-likeness (QED) is 0.276. The van der Waals surface area contributed by atoms with Gasteiger partial charge in [0.15, 0.2) is 5.16 Å². The number of likely N-dealkylation sites (tertiary alicyclic amines) is 1. The fraction of sp³-hybridized carbons (Fsp3) is 0.440. The topological polar surface area (TPSA) is 81.5 Å². The van der Waals surface area contributed by atoms with E-state index in [1.54, 1.807) is 16.4 Å². The molecule has 0 radical (unpaired) electrons. The first kappa shape index (κ1) is 23.1. The number of amides is 1. The van der Waals surface area contributed by atoms with E-state index in [2.05, 4.69) is 5.38 Å². The predicted molar refractivity (Wildman–Crippen MR) is 134 cm³/mol. The number of aromatic nitrogens is 2. The van der Waals surface area contributed by atoms with E-state index in [9.17, 15) is 14.4 Å². The highest BCUT2D eigenvalue weighted by atomic mass is 32.2. The highest BCUT2D eigenvalue weighted by molar-refractivity contribution is 7.99. The van der Waals surface area contributed by atoms with Gasteiger partial charge in [-0.25, -0.2) is 4.98 Å². The highest BCUT2D eigenvalue weighted by Crippen LogP contribution is 2.44. The molecule has 0 bridgehead atoms. The van der Waals surface area contributed by atoms with Crippen LogP contribution in [0.25, 0.3) is 15.9 Å². The van der Waals surface area contributed by atoms with Crippen LogP contribution in [0.15, 0.2) is 45.7 Å². The second-order valence-electron chi connectivity index (χ2n) is 8.71. The van der Waals surface area contributed by atoms with Crippen LogP contribution in [0.1, 0.15) is 44.1 Å². The standard InChI is InChI=1S/C25H27N3O4S2/c1-2-32-24(31)17-10-12-27(13-11-17)20(29)15-34-25-26-22-21(19(14-33-22)16-8-9-16)23(30)28(25)18-6-4-3-5-7-18/h3-7,14,16-17H,2,8-13,15H2,1H3. The van der Waals surface area contributed by atoms with E-state index in [0.29, 0.717) is 49.0 Å². The number of piperidine rings is 1. The molecule has 1 aromatic carbocycles. The van der Waals surface area contributed by atoms with Crippen LogP contribution in [0.2, 0.25) is 0 Å². The molecule has 1 saturated heterocycles. The largest absolute Gasteiger partial charge is 0.466 e. The molecule has 3 heterocycles. The molecule has 9 heteroatoms. The van der Waals surface area contributed by atoms with Gasteiger partial charge in [-0.2, -0.15) is 0 Å². The molecular weight excluding hydrogens is 470 g/mol. The lowest BCUT2D eigenvalue weighted by molar-refractivity contribution is -0.151. The summed E-state index contributed by atoms with van der Waals surface area (Å²) in [7, 11) is 0. The monoisotopic (exact) mass is 497 g/mol. The fourth-order valence-corrected chi connectivity index (χ4v) is 6.41. The van der Waals surface area contributed by atoms with Gasteiger partial charge < -0.3 is 9.64 Å². The van der Waals surface area contributed by atoms with Gasteiger partial charge in [0.2, 0.25) is 5.91 Å². The normalized spacial score (nSPS) is 16.7. The number of hydrogen-bond acceptors (Lipinski definition) is 7. The van der Waals surface area contributed by atoms with Crippen LogP contribution in [-0.4, -0.2) is 51.8 Å². The number of esters is 1. The predicted octanol–water partition coefficient (Wildman–Crippen LogP) is 4.22. The lowest BCUT2D eigenvalue weighted by atomic mass is 9.97. The number of carbonyl (C=O) groups excluding carboxylic acids is 2. The zero-order valence-electron chi connectivity index (χ0n) is 19.1. The third-order valence-electron chi connectivity index (χ3n) is 6.43. The smallest absolute Gasteiger partial charge is 0.309 e. The maximum atomic E-state index is 13.6. The summed E-state index contributed by atoms with van der Waals surface area (Å²) in [6.45, 7) is 3.26. The Balaban J connectivity index is 1.36. The minimum Gasteiger partial charge on any atom is -0.466 e. The van der Waals surface area contributed by atoms with E-state index in [0.717, 1.165) is 28.9 Å². The zero-order valence-corrected chi connectivity index (χ0v) is 20.7. The number of nitrogens with zero attached hydrogens (tertiary/aromatic N) is 3. The molecule has 0 spiro atoms. The van der Waals surface area contributed by atoms with Crippen LogP contribution in [0.5, 0.6) is 0 Å². The van der Waals surface area contributed by atoms with Crippen molar-refractivity contribution >= 4 is 45.2 Å². The Morgan fingerprint density at radius 3 is 2.56 bits per heavy atom. The number of carbonyl (C=O) groups is 2. The summed E-state index contributed by atoms with van der Waals surface area (Å²) in [6.07, 6.45) is 3.48. The highest BCUT2D eigenvalue weighted by Gasteiger charge is 2.30. The molecule has 7 nitrogen and oxygen atoms in total. The number of benzene rings is 1. The summed E-state index contributed by atoms with van der Waals surface area (Å²) in [6, 6.07) is 9.49. The molecule has 5 rings (SSSR count). The lowest BCUT2D eigenvalue weighted by Gasteiger charge is -2.30. The number of thiophene rings is 1. The van der Waals surface area contributed by atoms with Crippen molar-refractivity contribution in [3.63, 3.8) is 0 Å². The molecule has 34 heavy (non-hydrogen) atoms. The number of ether oxygens (including phenoxy) is 1. The van der Waals surface area contributed by atoms with Gasteiger partial charge in [0.25, 0.3) is 5.56 Å². The lowest BCUT2D eigenvalue weighted by Crippen LogP contribution is -2.41. The first-order chi connectivity index (χ1) is 16.6. The maximum absolute atomic E-state index is 13.6. The Morgan fingerprint density at radius 2 is 1.88 bits per heavy atom. The maximum Gasteiger partial charge on any atom is 0.309 e. The van der Waals surface area contributed by atoms with E-state index in [4.69, 9.17) is 9.72 Å². The molecule has 0 atom stereocenters. The molecule has 2 aromatic heterocycles. The van der Waals surface area contributed by atoms with Crippen molar-refractivity contribution in [2.75, 3.05) is 25.4 Å². The Bertz CT molecular complexity index is 1260. The fourth-order valence-electron chi connectivity index (χ4n) is 4.43. The molecule has 1 aliphatic heterocycles. The van der Waals surface area contributed by atoms with Crippen molar-refractivity contribution < 1.29 is 14.3 Å². The number of fused-ring (bicyclic) bond motifs is 1. The van der Waals surface area contributed by atoms with Gasteiger partial charge in [-0.1, -0.05) is 30.0 Å². The summed E-state index contributed by atoms with van der Waals surface area (Å²) in [5.41, 5.74) is 1.80. The van der Waals surface area contributed by atoms with E-state index in [1.807, 2.05) is 30.3 Å². The van der Waals surface area contributed by atoms with Gasteiger partial charge in [-0.3, -0.25) is 19.0 Å². The summed E-state index contributed by atoms with van der Waals surface area (Å²) in [5, 5.41) is 3.31. The van der Waals surface area contributed by atoms with Crippen LogP contribution < -0.4 is 5.56 Å². The van der Waals surface area contributed by atoms with Crippen molar-refractivity contribution in [1.82, 2.24) is 14.5 Å². The molecule has 2 fully saturated rings. The van der Waals surface area contributed by atoms with Crippen LogP contribution in [0, 0.1) is 5.92 Å². The van der Waals surface area contributed by atoms with E-state index >= 15 is 0 Å². The van der Waals surface area contributed by atoms with Gasteiger partial charge in [0.05, 0.1) is 29.4 Å². The van der Waals surface area contributed by atoms with Crippen molar-refractivity contribution in [3.05, 3.63) is 51.6 Å². The molecule has 1 aliphatic carbocycles. The van der Waals surface area contributed by atoms with Gasteiger partial charge >= 0.3 is 5.97 Å². The molecular formula is C25H27N3O4S2. The van der Waals surface area contributed by atoms with E-state index < -0.39 is 0 Å². The Kier molecular flexibility index (Phi) is 6.74.